The highest BCUT2D eigenvalue weighted by atomic mass is 16.3. The highest BCUT2D eigenvalue weighted by Crippen LogP contribution is 2.18. The number of nitrogens with zero attached hydrogens (tertiary/aromatic N) is 3. The summed E-state index contributed by atoms with van der Waals surface area (Å²) in [7, 11) is 0. The topological polar surface area (TPSA) is 58.4 Å². The zero-order valence-corrected chi connectivity index (χ0v) is 13.0. The van der Waals surface area contributed by atoms with Gasteiger partial charge in [0.1, 0.15) is 6.33 Å². The zero-order chi connectivity index (χ0) is 16.2. The number of aromatic nitrogens is 2. The van der Waals surface area contributed by atoms with Crippen molar-refractivity contribution in [3.05, 3.63) is 60.4 Å². The third-order valence-electron chi connectivity index (χ3n) is 3.88. The van der Waals surface area contributed by atoms with Gasteiger partial charge in [0.2, 0.25) is 0 Å². The molecule has 5 heteroatoms. The van der Waals surface area contributed by atoms with Crippen molar-refractivity contribution in [2.24, 2.45) is 0 Å². The van der Waals surface area contributed by atoms with Gasteiger partial charge in [-0.1, -0.05) is 12.1 Å². The van der Waals surface area contributed by atoms with E-state index < -0.39 is 0 Å². The lowest BCUT2D eigenvalue weighted by atomic mass is 10.1. The summed E-state index contributed by atoms with van der Waals surface area (Å²) in [6.07, 6.45) is 1.78. The smallest absolute Gasteiger partial charge is 0.253 e. The Kier molecular flexibility index (Phi) is 4.39. The van der Waals surface area contributed by atoms with Crippen LogP contribution in [-0.4, -0.2) is 45.2 Å². The van der Waals surface area contributed by atoms with Gasteiger partial charge in [0, 0.05) is 24.3 Å². The van der Waals surface area contributed by atoms with Crippen LogP contribution in [0, 0.1) is 0 Å². The van der Waals surface area contributed by atoms with E-state index in [-0.39, 0.29) is 12.5 Å². The molecule has 0 atom stereocenters. The van der Waals surface area contributed by atoms with Gasteiger partial charge in [0.25, 0.3) is 5.91 Å². The first-order valence-electron chi connectivity index (χ1n) is 7.67. The summed E-state index contributed by atoms with van der Waals surface area (Å²) in [5.74, 6) is -0.0661. The predicted molar refractivity (Wildman–Crippen MR) is 89.7 cm³/mol. The quantitative estimate of drug-likeness (QED) is 0.787. The first kappa shape index (κ1) is 15.2. The maximum atomic E-state index is 12.4. The van der Waals surface area contributed by atoms with Crippen LogP contribution in [0.15, 0.2) is 54.9 Å². The van der Waals surface area contributed by atoms with Crippen LogP contribution in [0.25, 0.3) is 16.7 Å². The fraction of sp³-hybridized carbons (Fsp3) is 0.222. The van der Waals surface area contributed by atoms with Crippen molar-refractivity contribution in [1.82, 2.24) is 14.5 Å². The summed E-state index contributed by atoms with van der Waals surface area (Å²) in [6, 6.07) is 15.4. The van der Waals surface area contributed by atoms with E-state index in [9.17, 15) is 4.79 Å². The number of carbonyl (C=O) groups excluding carboxylic acids is 1. The Hall–Kier alpha value is -2.66. The van der Waals surface area contributed by atoms with Crippen molar-refractivity contribution in [3.63, 3.8) is 0 Å². The molecule has 0 unspecified atom stereocenters. The van der Waals surface area contributed by atoms with Crippen LogP contribution >= 0.6 is 0 Å². The molecule has 0 fully saturated rings. The van der Waals surface area contributed by atoms with Crippen molar-refractivity contribution in [2.75, 3.05) is 19.7 Å². The molecule has 3 aromatic rings. The minimum Gasteiger partial charge on any atom is -0.395 e. The van der Waals surface area contributed by atoms with Crippen molar-refractivity contribution in [3.8, 4) is 5.69 Å². The molecular weight excluding hydrogens is 290 g/mol. The van der Waals surface area contributed by atoms with Crippen molar-refractivity contribution in [1.29, 1.82) is 0 Å². The van der Waals surface area contributed by atoms with Crippen molar-refractivity contribution < 1.29 is 9.90 Å². The number of benzene rings is 2. The van der Waals surface area contributed by atoms with E-state index in [1.165, 1.54) is 0 Å². The number of hydrogen-bond acceptors (Lipinski definition) is 3. The lowest BCUT2D eigenvalue weighted by Gasteiger charge is -2.19. The van der Waals surface area contributed by atoms with Crippen LogP contribution in [-0.2, 0) is 0 Å². The average Bonchev–Trinajstić information content (AvgIpc) is 3.03. The van der Waals surface area contributed by atoms with Gasteiger partial charge in [-0.2, -0.15) is 0 Å². The van der Waals surface area contributed by atoms with Gasteiger partial charge in [-0.3, -0.25) is 9.36 Å². The van der Waals surface area contributed by atoms with E-state index in [1.807, 2.05) is 60.0 Å². The largest absolute Gasteiger partial charge is 0.395 e. The summed E-state index contributed by atoms with van der Waals surface area (Å²) >= 11 is 0. The number of para-hydroxylation sites is 2. The normalized spacial score (nSPS) is 10.9. The van der Waals surface area contributed by atoms with Gasteiger partial charge >= 0.3 is 0 Å². The Labute approximate surface area is 134 Å². The summed E-state index contributed by atoms with van der Waals surface area (Å²) in [5, 5.41) is 9.03. The molecule has 1 aromatic heterocycles. The van der Waals surface area contributed by atoms with Crippen LogP contribution in [0.2, 0.25) is 0 Å². The fourth-order valence-electron chi connectivity index (χ4n) is 2.64. The number of likely N-dealkylation sites (N-methyl/N-ethyl adjacent to an activating group) is 1. The number of amides is 1. The van der Waals surface area contributed by atoms with Crippen LogP contribution in [0.3, 0.4) is 0 Å². The van der Waals surface area contributed by atoms with Crippen molar-refractivity contribution >= 4 is 16.9 Å². The third kappa shape index (κ3) is 2.96. The predicted octanol–water partition coefficient (Wildman–Crippen LogP) is 2.48. The summed E-state index contributed by atoms with van der Waals surface area (Å²) in [6.45, 7) is 2.80. The molecule has 1 amide bonds. The maximum Gasteiger partial charge on any atom is 0.253 e. The molecule has 2 aromatic carbocycles. The maximum absolute atomic E-state index is 12.4. The van der Waals surface area contributed by atoms with Gasteiger partial charge in [0.05, 0.1) is 17.6 Å². The number of carbonyl (C=O) groups is 1. The Morgan fingerprint density at radius 2 is 1.91 bits per heavy atom. The molecule has 1 N–H and O–H groups in total. The molecule has 23 heavy (non-hydrogen) atoms. The van der Waals surface area contributed by atoms with Crippen LogP contribution in [0.1, 0.15) is 17.3 Å². The molecule has 0 aliphatic rings. The highest BCUT2D eigenvalue weighted by Gasteiger charge is 2.13. The molecule has 5 nitrogen and oxygen atoms in total. The highest BCUT2D eigenvalue weighted by molar-refractivity contribution is 5.94. The lowest BCUT2D eigenvalue weighted by molar-refractivity contribution is 0.0732. The number of aliphatic hydroxyl groups excluding tert-OH is 1. The second-order valence-electron chi connectivity index (χ2n) is 5.26. The average molecular weight is 309 g/mol. The van der Waals surface area contributed by atoms with Gasteiger partial charge in [-0.15, -0.1) is 0 Å². The van der Waals surface area contributed by atoms with E-state index in [0.717, 1.165) is 16.7 Å². The van der Waals surface area contributed by atoms with Gasteiger partial charge in [-0.25, -0.2) is 4.98 Å². The monoisotopic (exact) mass is 309 g/mol. The van der Waals surface area contributed by atoms with E-state index >= 15 is 0 Å². The molecule has 0 spiro atoms. The van der Waals surface area contributed by atoms with E-state index in [1.54, 1.807) is 11.2 Å². The van der Waals surface area contributed by atoms with E-state index in [0.29, 0.717) is 18.7 Å². The first-order chi connectivity index (χ1) is 11.2. The van der Waals surface area contributed by atoms with E-state index in [2.05, 4.69) is 4.98 Å². The standard InChI is InChI=1S/C18H19N3O2/c1-2-20(11-12-22)18(23)14-7-9-15(10-8-14)21-13-19-16-5-3-4-6-17(16)21/h3-10,13,22H,2,11-12H2,1H3. The Morgan fingerprint density at radius 1 is 1.17 bits per heavy atom. The van der Waals surface area contributed by atoms with Gasteiger partial charge in [-0.05, 0) is 43.3 Å². The number of rotatable bonds is 5. The van der Waals surface area contributed by atoms with Crippen LogP contribution < -0.4 is 0 Å². The molecule has 0 saturated heterocycles. The van der Waals surface area contributed by atoms with Crippen LogP contribution in [0.5, 0.6) is 0 Å². The van der Waals surface area contributed by atoms with Crippen LogP contribution in [0.4, 0.5) is 0 Å². The number of imidazole rings is 1. The second kappa shape index (κ2) is 6.62. The lowest BCUT2D eigenvalue weighted by Crippen LogP contribution is -2.33. The fourth-order valence-corrected chi connectivity index (χ4v) is 2.64. The summed E-state index contributed by atoms with van der Waals surface area (Å²) in [4.78, 5) is 18.4. The minimum atomic E-state index is -0.0661. The zero-order valence-electron chi connectivity index (χ0n) is 13.0. The molecule has 0 aliphatic carbocycles. The molecule has 3 rings (SSSR count). The van der Waals surface area contributed by atoms with E-state index in [4.69, 9.17) is 5.11 Å². The molecule has 0 aliphatic heterocycles. The molecule has 0 bridgehead atoms. The molecule has 118 valence electrons. The molecule has 1 heterocycles. The Morgan fingerprint density at radius 3 is 2.61 bits per heavy atom. The molecule has 0 radical (unpaired) electrons. The molecular formula is C18H19N3O2. The van der Waals surface area contributed by atoms with Gasteiger partial charge in [0.15, 0.2) is 0 Å². The SMILES string of the molecule is CCN(CCO)C(=O)c1ccc(-n2cnc3ccccc32)cc1. The summed E-state index contributed by atoms with van der Waals surface area (Å²) in [5.41, 5.74) is 3.55. The minimum absolute atomic E-state index is 0.0291. The Bertz CT molecular complexity index is 809. The third-order valence-corrected chi connectivity index (χ3v) is 3.88. The molecule has 0 saturated carbocycles. The number of fused-ring (bicyclic) bond motifs is 1. The Balaban J connectivity index is 1.89. The first-order valence-corrected chi connectivity index (χ1v) is 7.67. The number of hydrogen-bond donors (Lipinski definition) is 1. The van der Waals surface area contributed by atoms with Gasteiger partial charge < -0.3 is 10.0 Å². The van der Waals surface area contributed by atoms with Crippen molar-refractivity contribution in [2.45, 2.75) is 6.92 Å². The number of aliphatic hydroxyl groups is 1. The summed E-state index contributed by atoms with van der Waals surface area (Å²) < 4.78 is 1.99. The second-order valence-corrected chi connectivity index (χ2v) is 5.26.